The Morgan fingerprint density at radius 1 is 1.53 bits per heavy atom. The molecule has 1 rings (SSSR count). The zero-order valence-electron chi connectivity index (χ0n) is 10.9. The first-order valence-corrected chi connectivity index (χ1v) is 6.32. The molecule has 0 aliphatic heterocycles. The van der Waals surface area contributed by atoms with E-state index in [1.807, 2.05) is 27.7 Å². The van der Waals surface area contributed by atoms with Crippen LogP contribution in [0, 0.1) is 12.3 Å². The fourth-order valence-corrected chi connectivity index (χ4v) is 2.09. The number of ketones is 1. The Morgan fingerprint density at radius 3 is 2.41 bits per heavy atom. The molecule has 5 heteroatoms. The molecule has 17 heavy (non-hydrogen) atoms. The predicted octanol–water partition coefficient (Wildman–Crippen LogP) is 2.01. The first-order valence-electron chi connectivity index (χ1n) is 5.53. The van der Waals surface area contributed by atoms with E-state index in [0.29, 0.717) is 0 Å². The summed E-state index contributed by atoms with van der Waals surface area (Å²) in [4.78, 5) is 12.0. The monoisotopic (exact) mass is 302 g/mol. The van der Waals surface area contributed by atoms with Gasteiger partial charge in [0.2, 0.25) is 0 Å². The minimum Gasteiger partial charge on any atom is -0.385 e. The van der Waals surface area contributed by atoms with Gasteiger partial charge in [0.25, 0.3) is 0 Å². The van der Waals surface area contributed by atoms with Crippen LogP contribution in [0.4, 0.5) is 0 Å². The number of halogens is 1. The Balaban J connectivity index is 2.89. The van der Waals surface area contributed by atoms with E-state index in [0.717, 1.165) is 15.9 Å². The third-order valence-corrected chi connectivity index (χ3v) is 3.76. The van der Waals surface area contributed by atoms with E-state index in [2.05, 4.69) is 21.0 Å². The quantitative estimate of drug-likeness (QED) is 0.929. The van der Waals surface area contributed by atoms with E-state index in [9.17, 15) is 9.90 Å². The zero-order chi connectivity index (χ0) is 13.4. The Hall–Kier alpha value is -0.680. The fraction of sp³-hybridized carbons (Fsp3) is 0.667. The van der Waals surface area contributed by atoms with Crippen molar-refractivity contribution in [2.24, 2.45) is 12.5 Å². The summed E-state index contributed by atoms with van der Waals surface area (Å²) < 4.78 is 2.52. The normalized spacial score (nSPS) is 13.8. The van der Waals surface area contributed by atoms with Gasteiger partial charge in [-0.15, -0.1) is 0 Å². The molecule has 0 saturated heterocycles. The van der Waals surface area contributed by atoms with E-state index >= 15 is 0 Å². The van der Waals surface area contributed by atoms with Crippen molar-refractivity contribution in [1.82, 2.24) is 9.78 Å². The molecule has 0 saturated carbocycles. The highest BCUT2D eigenvalue weighted by Crippen LogP contribution is 2.24. The molecule has 1 aromatic rings. The molecule has 96 valence electrons. The number of carbonyl (C=O) groups is 1. The molecule has 1 heterocycles. The van der Waals surface area contributed by atoms with Crippen LogP contribution < -0.4 is 0 Å². The number of Topliss-reactive ketones (excluding diaryl/α,β-unsaturated/α-hetero) is 1. The van der Waals surface area contributed by atoms with Crippen molar-refractivity contribution in [2.75, 3.05) is 0 Å². The van der Waals surface area contributed by atoms with Gasteiger partial charge in [0.05, 0.1) is 22.3 Å². The summed E-state index contributed by atoms with van der Waals surface area (Å²) in [5.74, 6) is -0.179. The Labute approximate surface area is 110 Å². The summed E-state index contributed by atoms with van der Waals surface area (Å²) in [6.07, 6.45) is -0.763. The summed E-state index contributed by atoms with van der Waals surface area (Å²) in [5.41, 5.74) is 1.22. The summed E-state index contributed by atoms with van der Waals surface area (Å²) in [6.45, 7) is 7.41. The van der Waals surface area contributed by atoms with E-state index in [1.165, 1.54) is 0 Å². The number of aliphatic hydroxyl groups excluding tert-OH is 1. The number of aliphatic hydroxyl groups is 1. The van der Waals surface area contributed by atoms with Crippen molar-refractivity contribution >= 4 is 21.7 Å². The number of aryl methyl sites for hydroxylation is 2. The molecule has 1 unspecified atom stereocenters. The largest absolute Gasteiger partial charge is 0.385 e. The van der Waals surface area contributed by atoms with Crippen LogP contribution in [0.15, 0.2) is 4.47 Å². The van der Waals surface area contributed by atoms with Gasteiger partial charge in [0.15, 0.2) is 5.78 Å². The molecule has 0 amide bonds. The first kappa shape index (κ1) is 14.4. The molecule has 0 aliphatic rings. The maximum Gasteiger partial charge on any atom is 0.167 e. The standard InChI is InChI=1S/C12H19BrN2O2/c1-7-10(13)8(15(5)14-7)6-9(16)11(17)12(2,3)4/h11,17H,6H2,1-5H3. The zero-order valence-corrected chi connectivity index (χ0v) is 12.5. The van der Waals surface area contributed by atoms with Gasteiger partial charge in [0.1, 0.15) is 6.10 Å². The minimum absolute atomic E-state index is 0.179. The Bertz CT molecular complexity index is 432. The van der Waals surface area contributed by atoms with Crippen molar-refractivity contribution in [3.05, 3.63) is 15.9 Å². The highest BCUT2D eigenvalue weighted by molar-refractivity contribution is 9.10. The molecule has 1 N–H and O–H groups in total. The fourth-order valence-electron chi connectivity index (χ4n) is 1.62. The number of hydrogen-bond acceptors (Lipinski definition) is 3. The van der Waals surface area contributed by atoms with Gasteiger partial charge in [-0.2, -0.15) is 5.10 Å². The lowest BCUT2D eigenvalue weighted by atomic mass is 9.85. The molecule has 0 bridgehead atoms. The molecule has 0 fully saturated rings. The number of nitrogens with zero attached hydrogens (tertiary/aromatic N) is 2. The number of carbonyl (C=O) groups excluding carboxylic acids is 1. The molecule has 0 spiro atoms. The van der Waals surface area contributed by atoms with Crippen LogP contribution >= 0.6 is 15.9 Å². The van der Waals surface area contributed by atoms with Crippen molar-refractivity contribution in [2.45, 2.75) is 40.2 Å². The Kier molecular flexibility index (Phi) is 4.15. The van der Waals surface area contributed by atoms with Gasteiger partial charge in [-0.05, 0) is 28.3 Å². The van der Waals surface area contributed by atoms with Crippen LogP contribution in [-0.4, -0.2) is 26.8 Å². The number of aromatic nitrogens is 2. The molecule has 1 aromatic heterocycles. The van der Waals surface area contributed by atoms with E-state index in [4.69, 9.17) is 0 Å². The smallest absolute Gasteiger partial charge is 0.167 e. The molecular formula is C12H19BrN2O2. The maximum atomic E-state index is 12.0. The van der Waals surface area contributed by atoms with Gasteiger partial charge in [0, 0.05) is 7.05 Å². The van der Waals surface area contributed by atoms with Crippen molar-refractivity contribution in [3.63, 3.8) is 0 Å². The number of hydrogen-bond donors (Lipinski definition) is 1. The van der Waals surface area contributed by atoms with E-state index in [-0.39, 0.29) is 12.2 Å². The highest BCUT2D eigenvalue weighted by atomic mass is 79.9. The third kappa shape index (κ3) is 3.16. The lowest BCUT2D eigenvalue weighted by molar-refractivity contribution is -0.131. The lowest BCUT2D eigenvalue weighted by Crippen LogP contribution is -2.35. The molecule has 1 atom stereocenters. The van der Waals surface area contributed by atoms with Crippen LogP contribution in [0.25, 0.3) is 0 Å². The van der Waals surface area contributed by atoms with Crippen LogP contribution in [-0.2, 0) is 18.3 Å². The van der Waals surface area contributed by atoms with Crippen molar-refractivity contribution < 1.29 is 9.90 Å². The van der Waals surface area contributed by atoms with Crippen LogP contribution in [0.1, 0.15) is 32.2 Å². The van der Waals surface area contributed by atoms with Crippen LogP contribution in [0.5, 0.6) is 0 Å². The van der Waals surface area contributed by atoms with Crippen LogP contribution in [0.3, 0.4) is 0 Å². The SMILES string of the molecule is Cc1nn(C)c(CC(=O)C(O)C(C)(C)C)c1Br. The molecule has 0 aliphatic carbocycles. The maximum absolute atomic E-state index is 12.0. The first-order chi connectivity index (χ1) is 7.64. The van der Waals surface area contributed by atoms with Gasteiger partial charge in [-0.25, -0.2) is 0 Å². The highest BCUT2D eigenvalue weighted by Gasteiger charge is 2.30. The average Bonchev–Trinajstić information content (AvgIpc) is 2.42. The summed E-state index contributed by atoms with van der Waals surface area (Å²) in [7, 11) is 1.80. The second-order valence-corrected chi connectivity index (χ2v) is 6.17. The number of rotatable bonds is 3. The van der Waals surface area contributed by atoms with Crippen molar-refractivity contribution in [1.29, 1.82) is 0 Å². The minimum atomic E-state index is -0.954. The summed E-state index contributed by atoms with van der Waals surface area (Å²) >= 11 is 3.41. The van der Waals surface area contributed by atoms with E-state index < -0.39 is 11.5 Å². The van der Waals surface area contributed by atoms with Gasteiger partial charge in [-0.1, -0.05) is 20.8 Å². The Morgan fingerprint density at radius 2 is 2.06 bits per heavy atom. The third-order valence-electron chi connectivity index (χ3n) is 2.73. The average molecular weight is 303 g/mol. The molecule has 0 aromatic carbocycles. The molecule has 4 nitrogen and oxygen atoms in total. The molecule has 0 radical (unpaired) electrons. The van der Waals surface area contributed by atoms with E-state index in [1.54, 1.807) is 11.7 Å². The second-order valence-electron chi connectivity index (χ2n) is 5.38. The summed E-state index contributed by atoms with van der Waals surface area (Å²) in [5, 5.41) is 14.1. The van der Waals surface area contributed by atoms with Gasteiger partial charge < -0.3 is 5.11 Å². The summed E-state index contributed by atoms with van der Waals surface area (Å²) in [6, 6.07) is 0. The second kappa shape index (κ2) is 4.90. The lowest BCUT2D eigenvalue weighted by Gasteiger charge is -2.24. The van der Waals surface area contributed by atoms with Crippen molar-refractivity contribution in [3.8, 4) is 0 Å². The van der Waals surface area contributed by atoms with Gasteiger partial charge >= 0.3 is 0 Å². The molecular weight excluding hydrogens is 284 g/mol. The van der Waals surface area contributed by atoms with Gasteiger partial charge in [-0.3, -0.25) is 9.48 Å². The topological polar surface area (TPSA) is 55.1 Å². The van der Waals surface area contributed by atoms with Crippen LogP contribution in [0.2, 0.25) is 0 Å². The predicted molar refractivity (Wildman–Crippen MR) is 69.8 cm³/mol.